The lowest BCUT2D eigenvalue weighted by Crippen LogP contribution is -2.39. The van der Waals surface area contributed by atoms with Crippen LogP contribution in [-0.2, 0) is 11.2 Å². The Morgan fingerprint density at radius 3 is 2.59 bits per heavy atom. The van der Waals surface area contributed by atoms with Crippen molar-refractivity contribution in [3.8, 4) is 0 Å². The number of ether oxygens (including phenoxy) is 1. The molecule has 3 nitrogen and oxygen atoms in total. The second kappa shape index (κ2) is 7.09. The third kappa shape index (κ3) is 4.37. The lowest BCUT2D eigenvalue weighted by Gasteiger charge is -2.24. The van der Waals surface area contributed by atoms with Crippen LogP contribution in [0.15, 0.2) is 6.20 Å². The summed E-state index contributed by atoms with van der Waals surface area (Å²) in [4.78, 5) is 5.82. The molecule has 1 rings (SSSR count). The summed E-state index contributed by atoms with van der Waals surface area (Å²) in [6.45, 7) is 9.50. The molecule has 0 saturated heterocycles. The van der Waals surface area contributed by atoms with Crippen molar-refractivity contribution in [1.29, 1.82) is 0 Å². The van der Waals surface area contributed by atoms with E-state index >= 15 is 0 Å². The molecule has 17 heavy (non-hydrogen) atoms. The number of nitrogens with one attached hydrogen (secondary N) is 1. The summed E-state index contributed by atoms with van der Waals surface area (Å²) in [5.41, 5.74) is 0. The zero-order valence-corrected chi connectivity index (χ0v) is 12.3. The number of aromatic nitrogens is 1. The number of methoxy groups -OCH3 is 1. The Balaban J connectivity index is 2.59. The monoisotopic (exact) mass is 256 g/mol. The summed E-state index contributed by atoms with van der Waals surface area (Å²) in [6.07, 6.45) is 3.05. The smallest absolute Gasteiger partial charge is 0.109 e. The molecule has 0 radical (unpaired) electrons. The maximum Gasteiger partial charge on any atom is 0.109 e. The minimum Gasteiger partial charge on any atom is -0.383 e. The van der Waals surface area contributed by atoms with Gasteiger partial charge in [0.1, 0.15) is 5.01 Å². The third-order valence-electron chi connectivity index (χ3n) is 2.91. The first-order chi connectivity index (χ1) is 8.08. The van der Waals surface area contributed by atoms with Gasteiger partial charge in [-0.2, -0.15) is 0 Å². The second-order valence-electron chi connectivity index (χ2n) is 4.71. The molecule has 0 aliphatic carbocycles. The van der Waals surface area contributed by atoms with Gasteiger partial charge in [0.15, 0.2) is 0 Å². The van der Waals surface area contributed by atoms with E-state index in [0.29, 0.717) is 18.0 Å². The van der Waals surface area contributed by atoms with Crippen LogP contribution in [0.4, 0.5) is 0 Å². The van der Waals surface area contributed by atoms with E-state index in [1.165, 1.54) is 9.88 Å². The molecule has 98 valence electrons. The zero-order valence-electron chi connectivity index (χ0n) is 11.5. The topological polar surface area (TPSA) is 34.2 Å². The van der Waals surface area contributed by atoms with Gasteiger partial charge in [-0.25, -0.2) is 4.98 Å². The number of hydrogen-bond donors (Lipinski definition) is 1. The highest BCUT2D eigenvalue weighted by Gasteiger charge is 2.18. The molecule has 4 heteroatoms. The van der Waals surface area contributed by atoms with Crippen molar-refractivity contribution in [1.82, 2.24) is 10.3 Å². The molecular weight excluding hydrogens is 232 g/mol. The molecule has 1 aromatic heterocycles. The van der Waals surface area contributed by atoms with E-state index in [2.05, 4.69) is 38.0 Å². The van der Waals surface area contributed by atoms with E-state index in [-0.39, 0.29) is 0 Å². The van der Waals surface area contributed by atoms with Crippen LogP contribution in [0, 0.1) is 5.92 Å². The van der Waals surface area contributed by atoms with Crippen molar-refractivity contribution in [3.63, 3.8) is 0 Å². The summed E-state index contributed by atoms with van der Waals surface area (Å²) in [7, 11) is 1.75. The molecule has 0 fully saturated rings. The first-order valence-corrected chi connectivity index (χ1v) is 7.09. The number of nitrogens with zero attached hydrogens (tertiary/aromatic N) is 1. The van der Waals surface area contributed by atoms with Crippen LogP contribution in [0.25, 0.3) is 0 Å². The van der Waals surface area contributed by atoms with Gasteiger partial charge in [-0.3, -0.25) is 0 Å². The van der Waals surface area contributed by atoms with Crippen LogP contribution in [0.5, 0.6) is 0 Å². The lowest BCUT2D eigenvalue weighted by molar-refractivity contribution is 0.141. The number of rotatable bonds is 7. The van der Waals surface area contributed by atoms with E-state index in [4.69, 9.17) is 4.74 Å². The fraction of sp³-hybridized carbons (Fsp3) is 0.769. The van der Waals surface area contributed by atoms with Crippen LogP contribution in [0.1, 0.15) is 43.6 Å². The molecule has 0 spiro atoms. The average molecular weight is 256 g/mol. The van der Waals surface area contributed by atoms with Crippen LogP contribution >= 0.6 is 11.3 Å². The number of thiazole rings is 1. The van der Waals surface area contributed by atoms with Crippen LogP contribution in [-0.4, -0.2) is 24.7 Å². The molecule has 0 amide bonds. The molecule has 2 unspecified atom stereocenters. The summed E-state index contributed by atoms with van der Waals surface area (Å²) in [6, 6.07) is 0.673. The first-order valence-electron chi connectivity index (χ1n) is 6.28. The Hall–Kier alpha value is -0.450. The number of hydrogen-bond acceptors (Lipinski definition) is 4. The lowest BCUT2D eigenvalue weighted by atomic mass is 10.0. The number of aryl methyl sites for hydroxylation is 1. The molecular formula is C13H24N2OS. The highest BCUT2D eigenvalue weighted by molar-refractivity contribution is 7.11. The predicted octanol–water partition coefficient (Wildman–Crippen LogP) is 3.03. The Bertz CT molecular complexity index is 325. The van der Waals surface area contributed by atoms with E-state index in [1.807, 2.05) is 6.20 Å². The minimum absolute atomic E-state index is 0.294. The largest absolute Gasteiger partial charge is 0.383 e. The maximum atomic E-state index is 5.25. The highest BCUT2D eigenvalue weighted by Crippen LogP contribution is 2.21. The molecule has 0 aromatic carbocycles. The Labute approximate surface area is 109 Å². The van der Waals surface area contributed by atoms with Crippen molar-refractivity contribution < 1.29 is 4.74 Å². The third-order valence-corrected chi connectivity index (χ3v) is 4.23. The standard InChI is InChI=1S/C13H24N2OS/c1-6-11-7-14-13(17-11)10(4)15-12(8-16-5)9(2)3/h7,9-10,12,15H,6,8H2,1-5H3. The van der Waals surface area contributed by atoms with Crippen LogP contribution < -0.4 is 5.32 Å². The van der Waals surface area contributed by atoms with E-state index in [1.54, 1.807) is 18.4 Å². The van der Waals surface area contributed by atoms with Crippen molar-refractivity contribution in [2.45, 2.75) is 46.2 Å². The maximum absolute atomic E-state index is 5.25. The molecule has 1 aromatic rings. The van der Waals surface area contributed by atoms with E-state index < -0.39 is 0 Å². The Kier molecular flexibility index (Phi) is 6.09. The van der Waals surface area contributed by atoms with Gasteiger partial charge in [-0.15, -0.1) is 11.3 Å². The van der Waals surface area contributed by atoms with Gasteiger partial charge in [0.25, 0.3) is 0 Å². The SMILES string of the molecule is CCc1cnc(C(C)NC(COC)C(C)C)s1. The normalized spacial score (nSPS) is 15.2. The van der Waals surface area contributed by atoms with Gasteiger partial charge in [0.2, 0.25) is 0 Å². The van der Waals surface area contributed by atoms with Gasteiger partial charge < -0.3 is 10.1 Å². The zero-order chi connectivity index (χ0) is 12.8. The summed E-state index contributed by atoms with van der Waals surface area (Å²) in [5, 5.41) is 4.76. The van der Waals surface area contributed by atoms with E-state index in [0.717, 1.165) is 13.0 Å². The molecule has 0 aliphatic heterocycles. The van der Waals surface area contributed by atoms with Crippen molar-refractivity contribution in [2.75, 3.05) is 13.7 Å². The van der Waals surface area contributed by atoms with Gasteiger partial charge in [-0.1, -0.05) is 20.8 Å². The van der Waals surface area contributed by atoms with Crippen LogP contribution in [0.2, 0.25) is 0 Å². The Morgan fingerprint density at radius 2 is 2.12 bits per heavy atom. The Morgan fingerprint density at radius 1 is 1.41 bits per heavy atom. The molecule has 0 aliphatic rings. The highest BCUT2D eigenvalue weighted by atomic mass is 32.1. The van der Waals surface area contributed by atoms with Gasteiger partial charge in [-0.05, 0) is 19.3 Å². The van der Waals surface area contributed by atoms with E-state index in [9.17, 15) is 0 Å². The van der Waals surface area contributed by atoms with Crippen LogP contribution in [0.3, 0.4) is 0 Å². The minimum atomic E-state index is 0.294. The first kappa shape index (κ1) is 14.6. The summed E-state index contributed by atoms with van der Waals surface area (Å²) >= 11 is 1.80. The molecule has 1 heterocycles. The molecule has 0 bridgehead atoms. The van der Waals surface area contributed by atoms with Gasteiger partial charge in [0, 0.05) is 24.2 Å². The summed E-state index contributed by atoms with van der Waals surface area (Å²) in [5.74, 6) is 0.558. The fourth-order valence-corrected chi connectivity index (χ4v) is 2.56. The molecule has 1 N–H and O–H groups in total. The predicted molar refractivity (Wildman–Crippen MR) is 73.5 cm³/mol. The van der Waals surface area contributed by atoms with Crippen molar-refractivity contribution in [2.24, 2.45) is 5.92 Å². The quantitative estimate of drug-likeness (QED) is 0.814. The fourth-order valence-electron chi connectivity index (χ4n) is 1.69. The van der Waals surface area contributed by atoms with Gasteiger partial charge >= 0.3 is 0 Å². The van der Waals surface area contributed by atoms with Gasteiger partial charge in [0.05, 0.1) is 12.6 Å². The van der Waals surface area contributed by atoms with Crippen molar-refractivity contribution in [3.05, 3.63) is 16.1 Å². The molecule has 0 saturated carbocycles. The summed E-state index contributed by atoms with van der Waals surface area (Å²) < 4.78 is 5.25. The van der Waals surface area contributed by atoms with Crippen molar-refractivity contribution >= 4 is 11.3 Å². The second-order valence-corrected chi connectivity index (χ2v) is 5.86. The average Bonchev–Trinajstić information content (AvgIpc) is 2.76. The molecule has 2 atom stereocenters.